The number of nitrogens with two attached hydrogens (primary N) is 1. The monoisotopic (exact) mass is 1160 g/mol. The molecule has 2 aromatic rings. The normalized spacial score (nSPS) is 19.1. The number of carbonyl (C=O) groups is 4. The lowest BCUT2D eigenvalue weighted by atomic mass is 9.87. The van der Waals surface area contributed by atoms with Gasteiger partial charge in [0.25, 0.3) is 0 Å². The first-order valence-corrected chi connectivity index (χ1v) is 32.0. The van der Waals surface area contributed by atoms with Crippen molar-refractivity contribution in [3.8, 4) is 0 Å². The second-order valence-electron chi connectivity index (χ2n) is 19.8. The first kappa shape index (κ1) is 67.5. The molecule has 0 saturated carbocycles. The molecule has 76 heavy (non-hydrogen) atoms. The molecule has 3 rings (SSSR count). The van der Waals surface area contributed by atoms with Crippen LogP contribution in [0.25, 0.3) is 11.2 Å². The number of Topliss-reactive ketones (excluding diaryl/α,β-unsaturated/α-hetero) is 1. The lowest BCUT2D eigenvalue weighted by molar-refractivity contribution is -0.137. The molecule has 0 aliphatic carbocycles. The molecule has 0 spiro atoms. The molecular weight excluding hydrogens is 1080 g/mol. The number of hydrogen-bond donors (Lipinski definition) is 9. The number of nitrogens with zero attached hydrogens (tertiary/aromatic N) is 4. The number of phosphoric ester groups is 3. The van der Waals surface area contributed by atoms with Crippen molar-refractivity contribution < 1.29 is 85.3 Å². The molecule has 7 atom stereocenters. The number of aliphatic hydroxyl groups excluding tert-OH is 2. The van der Waals surface area contributed by atoms with Crippen molar-refractivity contribution in [3.63, 3.8) is 0 Å². The van der Waals surface area contributed by atoms with Crippen molar-refractivity contribution in [3.05, 3.63) is 12.7 Å². The number of hydrogen-bond acceptors (Lipinski definition) is 19. The van der Waals surface area contributed by atoms with Crippen LogP contribution < -0.4 is 16.4 Å². The molecule has 2 amide bonds. The summed E-state index contributed by atoms with van der Waals surface area (Å²) in [5.41, 5.74) is 4.25. The average molecular weight is 1160 g/mol. The number of nitrogens with one attached hydrogen (secondary N) is 2. The van der Waals surface area contributed by atoms with E-state index in [1.807, 2.05) is 0 Å². The van der Waals surface area contributed by atoms with Gasteiger partial charge in [-0.2, -0.15) is 4.31 Å². The van der Waals surface area contributed by atoms with Crippen molar-refractivity contribution in [1.82, 2.24) is 30.2 Å². The number of thioether (sulfide) groups is 1. The Kier molecular flexibility index (Phi) is 31.1. The second kappa shape index (κ2) is 35.1. The Labute approximate surface area is 450 Å². The van der Waals surface area contributed by atoms with Gasteiger partial charge in [-0.1, -0.05) is 161 Å². The van der Waals surface area contributed by atoms with Gasteiger partial charge in [0.2, 0.25) is 11.8 Å². The highest BCUT2D eigenvalue weighted by atomic mass is 32.2. The van der Waals surface area contributed by atoms with Crippen molar-refractivity contribution >= 4 is 74.9 Å². The fourth-order valence-corrected chi connectivity index (χ4v) is 11.9. The highest BCUT2D eigenvalue weighted by Gasteiger charge is 2.50. The average Bonchev–Trinajstić information content (AvgIpc) is 3.91. The van der Waals surface area contributed by atoms with Crippen LogP contribution in [0.2, 0.25) is 0 Å². The van der Waals surface area contributed by atoms with Crippen LogP contribution in [0.4, 0.5) is 5.82 Å². The predicted octanol–water partition coefficient (Wildman–Crippen LogP) is 7.23. The number of amides is 2. The van der Waals surface area contributed by atoms with E-state index in [1.54, 1.807) is 0 Å². The fourth-order valence-electron chi connectivity index (χ4n) is 8.35. The van der Waals surface area contributed by atoms with Gasteiger partial charge in [-0.15, -0.1) is 0 Å². The molecule has 2 aromatic heterocycles. The van der Waals surface area contributed by atoms with Crippen molar-refractivity contribution in [2.24, 2.45) is 5.41 Å². The Bertz CT molecular complexity index is 2220. The standard InChI is InChI=1S/C47H84N7O18P3S/c1-4-5-6-7-8-9-10-11-12-13-14-15-16-17-18-19-20-21-22-23-24-25-35(55)30-38(57)76-29-28-49-37(56)26-27-50-45(60)42(59)47(2,3)32-69-75(66,67)72-74(64,65)68-31-36-41(71-73(61,62)63)40(58)46(70-36)54-34-53-39-43(48)51-33-52-44(39)54/h33-34,36,40-42,46,58-59H,4-32H2,1-3H3,(H,49,56)(H,50,60)(H,64,65)(H,66,67)(H2,48,51,52)(H2,61,62,63)/t36-,40?,41?,42+,46-/m1/s1. The number of ether oxygens (including phenoxy) is 1. The molecule has 0 radical (unpaired) electrons. The summed E-state index contributed by atoms with van der Waals surface area (Å²) >= 11 is 0.945. The lowest BCUT2D eigenvalue weighted by Crippen LogP contribution is -2.46. The van der Waals surface area contributed by atoms with Gasteiger partial charge in [-0.25, -0.2) is 28.6 Å². The van der Waals surface area contributed by atoms with E-state index < -0.39 is 84.6 Å². The van der Waals surface area contributed by atoms with Crippen LogP contribution in [0.3, 0.4) is 0 Å². The fraction of sp³-hybridized carbons (Fsp3) is 0.809. The minimum Gasteiger partial charge on any atom is -0.386 e. The van der Waals surface area contributed by atoms with Gasteiger partial charge < -0.3 is 50.9 Å². The van der Waals surface area contributed by atoms with Crippen LogP contribution in [0.1, 0.15) is 181 Å². The van der Waals surface area contributed by atoms with E-state index in [1.165, 1.54) is 123 Å². The summed E-state index contributed by atoms with van der Waals surface area (Å²) in [5, 5.41) is 26.3. The number of anilines is 1. The zero-order valence-electron chi connectivity index (χ0n) is 44.2. The van der Waals surface area contributed by atoms with Gasteiger partial charge in [0.15, 0.2) is 22.8 Å². The van der Waals surface area contributed by atoms with E-state index in [0.717, 1.165) is 54.7 Å². The van der Waals surface area contributed by atoms with Crippen LogP contribution in [-0.2, 0) is 55.5 Å². The quantitative estimate of drug-likeness (QED) is 0.0180. The Morgan fingerprint density at radius 2 is 1.32 bits per heavy atom. The highest BCUT2D eigenvalue weighted by molar-refractivity contribution is 8.13. The predicted molar refractivity (Wildman–Crippen MR) is 284 cm³/mol. The molecule has 1 fully saturated rings. The number of fused-ring (bicyclic) bond motifs is 1. The second-order valence-corrected chi connectivity index (χ2v) is 25.2. The van der Waals surface area contributed by atoms with Gasteiger partial charge in [-0.3, -0.25) is 37.3 Å². The molecule has 1 aliphatic rings. The third-order valence-corrected chi connectivity index (χ3v) is 16.6. The number of phosphoric acid groups is 3. The number of unbranched alkanes of at least 4 members (excludes halogenated alkanes) is 20. The van der Waals surface area contributed by atoms with Crippen LogP contribution in [0.15, 0.2) is 12.7 Å². The number of ketones is 1. The third-order valence-electron chi connectivity index (χ3n) is 12.7. The molecule has 10 N–H and O–H groups in total. The topological polar surface area (TPSA) is 381 Å². The van der Waals surface area contributed by atoms with E-state index in [0.29, 0.717) is 6.42 Å². The first-order chi connectivity index (χ1) is 35.9. The summed E-state index contributed by atoms with van der Waals surface area (Å²) in [6.07, 6.45) is 20.1. The number of aliphatic hydroxyl groups is 2. The largest absolute Gasteiger partial charge is 0.481 e. The molecule has 29 heteroatoms. The van der Waals surface area contributed by atoms with Crippen LogP contribution in [-0.4, -0.2) is 128 Å². The molecule has 0 aromatic carbocycles. The SMILES string of the molecule is CCCCCCCCCCCCCCCCCCCCCCCC(=O)CC(=O)SCCNC(=O)CCNC(=O)[C@H](O)C(C)(C)COP(=O)(O)OP(=O)(O)OC[C@H]1O[C@@H](n2cnc3c(N)ncnc32)C(O)C1OP(=O)(O)O. The summed E-state index contributed by atoms with van der Waals surface area (Å²) in [6.45, 7) is 2.62. The molecule has 1 aliphatic heterocycles. The molecule has 0 bridgehead atoms. The van der Waals surface area contributed by atoms with Crippen molar-refractivity contribution in [2.75, 3.05) is 37.8 Å². The highest BCUT2D eigenvalue weighted by Crippen LogP contribution is 2.61. The maximum absolute atomic E-state index is 12.8. The van der Waals surface area contributed by atoms with E-state index in [-0.39, 0.29) is 59.6 Å². The smallest absolute Gasteiger partial charge is 0.386 e. The van der Waals surface area contributed by atoms with Gasteiger partial charge in [0.05, 0.1) is 26.0 Å². The van der Waals surface area contributed by atoms with Gasteiger partial charge in [0, 0.05) is 37.1 Å². The minimum absolute atomic E-state index is 0.0272. The van der Waals surface area contributed by atoms with Crippen molar-refractivity contribution in [2.45, 2.75) is 206 Å². The Morgan fingerprint density at radius 1 is 0.776 bits per heavy atom. The molecule has 3 heterocycles. The van der Waals surface area contributed by atoms with Gasteiger partial charge in [-0.05, 0) is 6.42 Å². The van der Waals surface area contributed by atoms with E-state index in [9.17, 15) is 62.7 Å². The number of imidazole rings is 1. The van der Waals surface area contributed by atoms with Crippen LogP contribution in [0, 0.1) is 5.41 Å². The maximum Gasteiger partial charge on any atom is 0.481 e. The third kappa shape index (κ3) is 26.9. The summed E-state index contributed by atoms with van der Waals surface area (Å²) in [7, 11) is -16.5. The lowest BCUT2D eigenvalue weighted by Gasteiger charge is -2.30. The Balaban J connectivity index is 1.22. The number of rotatable bonds is 43. The molecule has 4 unspecified atom stereocenters. The summed E-state index contributed by atoms with van der Waals surface area (Å²) < 4.78 is 62.5. The van der Waals surface area contributed by atoms with Crippen LogP contribution in [0.5, 0.6) is 0 Å². The van der Waals surface area contributed by atoms with Crippen molar-refractivity contribution in [1.29, 1.82) is 0 Å². The summed E-state index contributed by atoms with van der Waals surface area (Å²) in [4.78, 5) is 101. The molecule has 436 valence electrons. The number of aromatic nitrogens is 4. The first-order valence-electron chi connectivity index (χ1n) is 26.5. The van der Waals surface area contributed by atoms with E-state index >= 15 is 0 Å². The van der Waals surface area contributed by atoms with E-state index in [4.69, 9.17) is 19.5 Å². The molecule has 1 saturated heterocycles. The zero-order chi connectivity index (χ0) is 56.2. The summed E-state index contributed by atoms with van der Waals surface area (Å²) in [6, 6.07) is 0. The Hall–Kier alpha value is -2.77. The Morgan fingerprint density at radius 3 is 1.87 bits per heavy atom. The molecular formula is C47H84N7O18P3S. The summed E-state index contributed by atoms with van der Waals surface area (Å²) in [5.74, 6) is -1.38. The number of nitrogen functional groups attached to an aromatic ring is 1. The number of carbonyl (C=O) groups excluding carboxylic acids is 4. The van der Waals surface area contributed by atoms with Gasteiger partial charge >= 0.3 is 23.5 Å². The maximum atomic E-state index is 12.8. The van der Waals surface area contributed by atoms with Crippen LogP contribution >= 0.6 is 35.2 Å². The minimum atomic E-state index is -5.59. The van der Waals surface area contributed by atoms with Gasteiger partial charge in [0.1, 0.15) is 42.0 Å². The zero-order valence-corrected chi connectivity index (χ0v) is 47.7. The van der Waals surface area contributed by atoms with E-state index in [2.05, 4.69) is 41.3 Å². The molecule has 25 nitrogen and oxygen atoms in total.